The number of nitrogens with zero attached hydrogens (tertiary/aromatic N) is 1. The number of unbranched alkanes of at least 4 members (excludes halogenated alkanes) is 3. The van der Waals surface area contributed by atoms with E-state index in [2.05, 4.69) is 5.32 Å². The monoisotopic (exact) mass is 256 g/mol. The van der Waals surface area contributed by atoms with Gasteiger partial charge in [-0.2, -0.15) is 0 Å². The van der Waals surface area contributed by atoms with E-state index >= 15 is 0 Å². The smallest absolute Gasteiger partial charge is 0.329 e. The molecule has 1 aliphatic rings. The van der Waals surface area contributed by atoms with Crippen LogP contribution in [-0.4, -0.2) is 39.6 Å². The molecule has 0 aromatic heterocycles. The average Bonchev–Trinajstić information content (AvgIpc) is 2.57. The highest BCUT2D eigenvalue weighted by atomic mass is 16.4. The number of hydrogen-bond donors (Lipinski definition) is 3. The first-order valence-electron chi connectivity index (χ1n) is 5.75. The van der Waals surface area contributed by atoms with Crippen LogP contribution in [0.2, 0.25) is 0 Å². The van der Waals surface area contributed by atoms with Gasteiger partial charge < -0.3 is 10.2 Å². The van der Waals surface area contributed by atoms with Crippen molar-refractivity contribution >= 4 is 17.9 Å². The molecule has 0 aromatic rings. The standard InChI is InChI=1S/C11H16N2O5/c14-7-8-10(17)12-11(18)13(8)6-4-2-1-3-5-9(15)16/h7,14H,1-6H2,(H,15,16)(H,12,17,18)/b8-7-. The van der Waals surface area contributed by atoms with Crippen molar-refractivity contribution < 1.29 is 24.6 Å². The maximum Gasteiger partial charge on any atom is 0.329 e. The van der Waals surface area contributed by atoms with Gasteiger partial charge in [-0.15, -0.1) is 0 Å². The Labute approximate surface area is 104 Å². The second-order valence-electron chi connectivity index (χ2n) is 3.98. The number of aliphatic hydroxyl groups excluding tert-OH is 1. The number of carbonyl (C=O) groups is 3. The number of aliphatic carboxylic acids is 1. The number of carbonyl (C=O) groups excluding carboxylic acids is 2. The molecular formula is C11H16N2O5. The van der Waals surface area contributed by atoms with Crippen LogP contribution in [0.3, 0.4) is 0 Å². The lowest BCUT2D eigenvalue weighted by atomic mass is 10.1. The minimum Gasteiger partial charge on any atom is -0.513 e. The van der Waals surface area contributed by atoms with Crippen LogP contribution in [0.5, 0.6) is 0 Å². The zero-order chi connectivity index (χ0) is 13.5. The number of carboxylic acids is 1. The van der Waals surface area contributed by atoms with E-state index in [4.69, 9.17) is 10.2 Å². The third kappa shape index (κ3) is 3.76. The minimum atomic E-state index is -0.815. The third-order valence-corrected chi connectivity index (χ3v) is 2.63. The molecule has 0 aliphatic carbocycles. The first-order valence-corrected chi connectivity index (χ1v) is 5.75. The van der Waals surface area contributed by atoms with Crippen molar-refractivity contribution in [3.05, 3.63) is 12.0 Å². The maximum absolute atomic E-state index is 11.3. The summed E-state index contributed by atoms with van der Waals surface area (Å²) in [5.41, 5.74) is -0.0504. The van der Waals surface area contributed by atoms with Crippen molar-refractivity contribution in [3.63, 3.8) is 0 Å². The summed E-state index contributed by atoms with van der Waals surface area (Å²) >= 11 is 0. The van der Waals surface area contributed by atoms with Crippen LogP contribution < -0.4 is 5.32 Å². The number of amides is 3. The number of rotatable bonds is 7. The molecule has 1 saturated heterocycles. The summed E-state index contributed by atoms with van der Waals surface area (Å²) in [6, 6.07) is -0.536. The van der Waals surface area contributed by atoms with Gasteiger partial charge in [-0.25, -0.2) is 4.79 Å². The van der Waals surface area contributed by atoms with Gasteiger partial charge in [0.25, 0.3) is 5.91 Å². The summed E-state index contributed by atoms with van der Waals surface area (Å²) in [5.74, 6) is -1.42. The number of urea groups is 1. The van der Waals surface area contributed by atoms with E-state index in [0.717, 1.165) is 12.8 Å². The molecule has 1 aliphatic heterocycles. The highest BCUT2D eigenvalue weighted by molar-refractivity contribution is 6.11. The lowest BCUT2D eigenvalue weighted by Gasteiger charge is -2.13. The zero-order valence-electron chi connectivity index (χ0n) is 9.89. The summed E-state index contributed by atoms with van der Waals surface area (Å²) in [5, 5.41) is 19.4. The van der Waals surface area contributed by atoms with Crippen molar-refractivity contribution in [2.75, 3.05) is 6.54 Å². The van der Waals surface area contributed by atoms with Gasteiger partial charge in [0.05, 0.1) is 0 Å². The lowest BCUT2D eigenvalue weighted by molar-refractivity contribution is -0.137. The van der Waals surface area contributed by atoms with E-state index in [1.165, 1.54) is 4.90 Å². The number of hydrogen-bond acceptors (Lipinski definition) is 4. The van der Waals surface area contributed by atoms with Gasteiger partial charge in [0.1, 0.15) is 12.0 Å². The molecule has 7 heteroatoms. The van der Waals surface area contributed by atoms with E-state index in [1.54, 1.807) is 0 Å². The van der Waals surface area contributed by atoms with Crippen LogP contribution in [0.25, 0.3) is 0 Å². The predicted molar refractivity (Wildman–Crippen MR) is 61.7 cm³/mol. The molecule has 0 unspecified atom stereocenters. The Morgan fingerprint density at radius 3 is 2.50 bits per heavy atom. The van der Waals surface area contributed by atoms with Crippen LogP contribution in [0.1, 0.15) is 32.1 Å². The Morgan fingerprint density at radius 2 is 1.89 bits per heavy atom. The maximum atomic E-state index is 11.3. The first kappa shape index (κ1) is 14.0. The Kier molecular flexibility index (Phi) is 5.16. The second-order valence-corrected chi connectivity index (χ2v) is 3.98. The Balaban J connectivity index is 2.25. The van der Waals surface area contributed by atoms with E-state index < -0.39 is 17.9 Å². The third-order valence-electron chi connectivity index (χ3n) is 2.63. The molecule has 0 spiro atoms. The predicted octanol–water partition coefficient (Wildman–Crippen LogP) is 0.973. The van der Waals surface area contributed by atoms with E-state index in [1.807, 2.05) is 0 Å². The summed E-state index contributed by atoms with van der Waals surface area (Å²) in [6.45, 7) is 0.330. The molecule has 1 rings (SSSR count). The van der Waals surface area contributed by atoms with Crippen LogP contribution in [0.15, 0.2) is 12.0 Å². The fourth-order valence-corrected chi connectivity index (χ4v) is 1.71. The van der Waals surface area contributed by atoms with Crippen LogP contribution in [0.4, 0.5) is 4.79 Å². The zero-order valence-corrected chi connectivity index (χ0v) is 9.89. The molecule has 18 heavy (non-hydrogen) atoms. The quantitative estimate of drug-likeness (QED) is 0.272. The minimum absolute atomic E-state index is 0.0504. The van der Waals surface area contributed by atoms with Gasteiger partial charge in [-0.05, 0) is 12.8 Å². The van der Waals surface area contributed by atoms with Gasteiger partial charge >= 0.3 is 12.0 Å². The van der Waals surface area contributed by atoms with Crippen molar-refractivity contribution in [3.8, 4) is 0 Å². The molecule has 1 heterocycles. The van der Waals surface area contributed by atoms with E-state index in [0.29, 0.717) is 25.6 Å². The number of imide groups is 1. The molecule has 0 aromatic carbocycles. The van der Waals surface area contributed by atoms with Crippen molar-refractivity contribution in [1.82, 2.24) is 10.2 Å². The Morgan fingerprint density at radius 1 is 1.22 bits per heavy atom. The lowest BCUT2D eigenvalue weighted by Crippen LogP contribution is -2.28. The Bertz CT molecular complexity index is 378. The fraction of sp³-hybridized carbons (Fsp3) is 0.545. The summed E-state index contributed by atoms with van der Waals surface area (Å²) in [4.78, 5) is 33.9. The summed E-state index contributed by atoms with van der Waals surface area (Å²) < 4.78 is 0. The van der Waals surface area contributed by atoms with Crippen LogP contribution in [0, 0.1) is 0 Å². The molecule has 0 radical (unpaired) electrons. The van der Waals surface area contributed by atoms with Crippen molar-refractivity contribution in [1.29, 1.82) is 0 Å². The van der Waals surface area contributed by atoms with Crippen molar-refractivity contribution in [2.45, 2.75) is 32.1 Å². The number of carboxylic acid groups (broad SMARTS) is 1. The first-order chi connectivity index (χ1) is 8.56. The van der Waals surface area contributed by atoms with Gasteiger partial charge in [-0.1, -0.05) is 12.8 Å². The van der Waals surface area contributed by atoms with Crippen molar-refractivity contribution in [2.24, 2.45) is 0 Å². The van der Waals surface area contributed by atoms with E-state index in [-0.39, 0.29) is 12.1 Å². The highest BCUT2D eigenvalue weighted by Crippen LogP contribution is 2.14. The molecular weight excluding hydrogens is 240 g/mol. The van der Waals surface area contributed by atoms with Gasteiger partial charge in [-0.3, -0.25) is 19.8 Å². The molecule has 3 amide bonds. The largest absolute Gasteiger partial charge is 0.513 e. The van der Waals surface area contributed by atoms with Crippen LogP contribution >= 0.6 is 0 Å². The molecule has 0 bridgehead atoms. The average molecular weight is 256 g/mol. The van der Waals surface area contributed by atoms with Gasteiger partial charge in [0, 0.05) is 13.0 Å². The second kappa shape index (κ2) is 6.63. The molecule has 3 N–H and O–H groups in total. The molecule has 7 nitrogen and oxygen atoms in total. The normalized spacial score (nSPS) is 17.3. The Hall–Kier alpha value is -2.05. The SMILES string of the molecule is O=C(O)CCCCCCN1C(=O)NC(=O)/C1=C/O. The molecule has 0 saturated carbocycles. The summed E-state index contributed by atoms with van der Waals surface area (Å²) in [7, 11) is 0. The van der Waals surface area contributed by atoms with Crippen LogP contribution in [-0.2, 0) is 9.59 Å². The molecule has 0 atom stereocenters. The number of nitrogens with one attached hydrogen (secondary N) is 1. The molecule has 1 fully saturated rings. The highest BCUT2D eigenvalue weighted by Gasteiger charge is 2.32. The summed E-state index contributed by atoms with van der Waals surface area (Å²) in [6.07, 6.45) is 3.54. The molecule has 100 valence electrons. The van der Waals surface area contributed by atoms with Gasteiger partial charge in [0.15, 0.2) is 0 Å². The topological polar surface area (TPSA) is 107 Å². The van der Waals surface area contributed by atoms with E-state index in [9.17, 15) is 14.4 Å². The van der Waals surface area contributed by atoms with Gasteiger partial charge in [0.2, 0.25) is 0 Å². The number of aliphatic hydroxyl groups is 1. The fourth-order valence-electron chi connectivity index (χ4n) is 1.71.